The Hall–Kier alpha value is -3.26. The Bertz CT molecular complexity index is 988. The van der Waals surface area contributed by atoms with Crippen LogP contribution >= 0.6 is 0 Å². The van der Waals surface area contributed by atoms with E-state index in [1.807, 2.05) is 0 Å². The third kappa shape index (κ3) is 4.04. The number of nitrogens with one attached hydrogen (secondary N) is 2. The topological polar surface area (TPSA) is 101 Å². The highest BCUT2D eigenvalue weighted by Crippen LogP contribution is 2.26. The lowest BCUT2D eigenvalue weighted by atomic mass is 10.3. The molecule has 0 saturated heterocycles. The number of pyridine rings is 1. The molecule has 8 heteroatoms. The normalized spacial score (nSPS) is 11.0. The largest absolute Gasteiger partial charge is 0.508 e. The van der Waals surface area contributed by atoms with Gasteiger partial charge in [0.1, 0.15) is 11.5 Å². The van der Waals surface area contributed by atoms with Gasteiger partial charge in [-0.05, 0) is 60.7 Å². The van der Waals surface area contributed by atoms with Crippen LogP contribution in [0.4, 0.5) is 17.2 Å². The molecule has 0 aliphatic rings. The number of hydrogen-bond donors (Lipinski definition) is 3. The first-order valence-corrected chi connectivity index (χ1v) is 9.14. The Morgan fingerprint density at radius 1 is 1.00 bits per heavy atom. The van der Waals surface area contributed by atoms with Gasteiger partial charge < -0.3 is 15.2 Å². The molecule has 1 heterocycles. The summed E-state index contributed by atoms with van der Waals surface area (Å²) >= 11 is 0. The molecule has 0 aliphatic carbocycles. The SMILES string of the molecule is COc1ccc(Nc2ncccc2NS(=O)(=O)c2ccc(O)cc2)cc1. The molecule has 0 atom stereocenters. The van der Waals surface area contributed by atoms with Crippen molar-refractivity contribution >= 4 is 27.2 Å². The van der Waals surface area contributed by atoms with E-state index >= 15 is 0 Å². The molecule has 7 nitrogen and oxygen atoms in total. The van der Waals surface area contributed by atoms with E-state index in [1.54, 1.807) is 49.7 Å². The molecule has 26 heavy (non-hydrogen) atoms. The lowest BCUT2D eigenvalue weighted by molar-refractivity contribution is 0.415. The second-order valence-electron chi connectivity index (χ2n) is 5.35. The van der Waals surface area contributed by atoms with Gasteiger partial charge in [0.2, 0.25) is 0 Å². The van der Waals surface area contributed by atoms with Crippen LogP contribution in [0.5, 0.6) is 11.5 Å². The maximum Gasteiger partial charge on any atom is 0.262 e. The second-order valence-corrected chi connectivity index (χ2v) is 7.03. The fraction of sp³-hybridized carbons (Fsp3) is 0.0556. The van der Waals surface area contributed by atoms with Gasteiger partial charge in [0.15, 0.2) is 5.82 Å². The number of aromatic nitrogens is 1. The lowest BCUT2D eigenvalue weighted by Crippen LogP contribution is -2.14. The average Bonchev–Trinajstić information content (AvgIpc) is 2.64. The van der Waals surface area contributed by atoms with Crippen molar-refractivity contribution in [1.82, 2.24) is 4.98 Å². The third-order valence-corrected chi connectivity index (χ3v) is 4.93. The van der Waals surface area contributed by atoms with Gasteiger partial charge in [-0.1, -0.05) is 0 Å². The van der Waals surface area contributed by atoms with E-state index in [9.17, 15) is 13.5 Å². The molecular formula is C18H17N3O4S. The number of aromatic hydroxyl groups is 1. The smallest absolute Gasteiger partial charge is 0.262 e. The predicted octanol–water partition coefficient (Wildman–Crippen LogP) is 3.34. The summed E-state index contributed by atoms with van der Waals surface area (Å²) < 4.78 is 32.7. The Morgan fingerprint density at radius 3 is 2.35 bits per heavy atom. The summed E-state index contributed by atoms with van der Waals surface area (Å²) in [5, 5.41) is 12.4. The molecular weight excluding hydrogens is 354 g/mol. The van der Waals surface area contributed by atoms with E-state index in [4.69, 9.17) is 4.74 Å². The summed E-state index contributed by atoms with van der Waals surface area (Å²) in [6, 6.07) is 15.7. The zero-order chi connectivity index (χ0) is 18.6. The van der Waals surface area contributed by atoms with E-state index in [1.165, 1.54) is 24.3 Å². The van der Waals surface area contributed by atoms with Gasteiger partial charge in [0.25, 0.3) is 10.0 Å². The van der Waals surface area contributed by atoms with Crippen molar-refractivity contribution in [2.24, 2.45) is 0 Å². The fourth-order valence-corrected chi connectivity index (χ4v) is 3.29. The standard InChI is InChI=1S/C18H17N3O4S/c1-25-15-8-4-13(5-9-15)20-18-17(3-2-12-19-18)21-26(23,24)16-10-6-14(22)7-11-16/h2-12,21-22H,1H3,(H,19,20). The van der Waals surface area contributed by atoms with E-state index in [2.05, 4.69) is 15.0 Å². The highest BCUT2D eigenvalue weighted by atomic mass is 32.2. The van der Waals surface area contributed by atoms with Crippen molar-refractivity contribution < 1.29 is 18.3 Å². The minimum atomic E-state index is -3.82. The number of phenols is 1. The molecule has 2 aromatic carbocycles. The van der Waals surface area contributed by atoms with Crippen LogP contribution in [-0.4, -0.2) is 25.6 Å². The maximum absolute atomic E-state index is 12.5. The quantitative estimate of drug-likeness (QED) is 0.614. The first kappa shape index (κ1) is 17.6. The van der Waals surface area contributed by atoms with Gasteiger partial charge in [0.05, 0.1) is 17.7 Å². The first-order chi connectivity index (χ1) is 12.5. The van der Waals surface area contributed by atoms with Crippen LogP contribution in [0.1, 0.15) is 0 Å². The molecule has 0 aliphatic heterocycles. The van der Waals surface area contributed by atoms with Crippen molar-refractivity contribution in [3.05, 3.63) is 66.9 Å². The highest BCUT2D eigenvalue weighted by molar-refractivity contribution is 7.92. The summed E-state index contributed by atoms with van der Waals surface area (Å²) in [5.74, 6) is 1.07. The molecule has 0 bridgehead atoms. The Morgan fingerprint density at radius 2 is 1.69 bits per heavy atom. The molecule has 0 radical (unpaired) electrons. The number of ether oxygens (including phenoxy) is 1. The zero-order valence-corrected chi connectivity index (χ0v) is 14.7. The summed E-state index contributed by atoms with van der Waals surface area (Å²) in [4.78, 5) is 4.24. The third-order valence-electron chi connectivity index (χ3n) is 3.55. The molecule has 1 aromatic heterocycles. The molecule has 134 valence electrons. The molecule has 0 fully saturated rings. The van der Waals surface area contributed by atoms with Crippen LogP contribution in [0, 0.1) is 0 Å². The summed E-state index contributed by atoms with van der Waals surface area (Å²) in [6.45, 7) is 0. The van der Waals surface area contributed by atoms with E-state index in [-0.39, 0.29) is 10.6 Å². The van der Waals surface area contributed by atoms with E-state index in [0.29, 0.717) is 17.3 Å². The number of sulfonamides is 1. The summed E-state index contributed by atoms with van der Waals surface area (Å²) in [7, 11) is -2.24. The van der Waals surface area contributed by atoms with Crippen LogP contribution < -0.4 is 14.8 Å². The van der Waals surface area contributed by atoms with Crippen LogP contribution in [-0.2, 0) is 10.0 Å². The number of nitrogens with zero attached hydrogens (tertiary/aromatic N) is 1. The van der Waals surface area contributed by atoms with Gasteiger partial charge >= 0.3 is 0 Å². The summed E-state index contributed by atoms with van der Waals surface area (Å²) in [5.41, 5.74) is 1.03. The minimum Gasteiger partial charge on any atom is -0.508 e. The van der Waals surface area contributed by atoms with Gasteiger partial charge in [-0.15, -0.1) is 0 Å². The van der Waals surface area contributed by atoms with Gasteiger partial charge in [-0.2, -0.15) is 0 Å². The maximum atomic E-state index is 12.5. The van der Waals surface area contributed by atoms with E-state index < -0.39 is 10.0 Å². The van der Waals surface area contributed by atoms with Crippen LogP contribution in [0.25, 0.3) is 0 Å². The highest BCUT2D eigenvalue weighted by Gasteiger charge is 2.16. The number of methoxy groups -OCH3 is 1. The number of phenolic OH excluding ortho intramolecular Hbond substituents is 1. The van der Waals surface area contributed by atoms with Crippen molar-refractivity contribution in [3.8, 4) is 11.5 Å². The molecule has 0 saturated carbocycles. The lowest BCUT2D eigenvalue weighted by Gasteiger charge is -2.13. The predicted molar refractivity (Wildman–Crippen MR) is 99.4 cm³/mol. The number of rotatable bonds is 6. The number of benzene rings is 2. The fourth-order valence-electron chi connectivity index (χ4n) is 2.23. The van der Waals surface area contributed by atoms with Crippen LogP contribution in [0.15, 0.2) is 71.8 Å². The monoisotopic (exact) mass is 371 g/mol. The average molecular weight is 371 g/mol. The first-order valence-electron chi connectivity index (χ1n) is 7.66. The molecule has 3 N–H and O–H groups in total. The molecule has 0 spiro atoms. The second kappa shape index (κ2) is 7.32. The van der Waals surface area contributed by atoms with Gasteiger partial charge in [-0.3, -0.25) is 4.72 Å². The van der Waals surface area contributed by atoms with Crippen molar-refractivity contribution in [2.75, 3.05) is 17.1 Å². The van der Waals surface area contributed by atoms with E-state index in [0.717, 1.165) is 5.69 Å². The zero-order valence-electron chi connectivity index (χ0n) is 13.9. The summed E-state index contributed by atoms with van der Waals surface area (Å²) in [6.07, 6.45) is 1.56. The molecule has 3 rings (SSSR count). The van der Waals surface area contributed by atoms with Gasteiger partial charge in [-0.25, -0.2) is 13.4 Å². The minimum absolute atomic E-state index is 0.00723. The Balaban J connectivity index is 1.85. The number of hydrogen-bond acceptors (Lipinski definition) is 6. The number of anilines is 3. The van der Waals surface area contributed by atoms with Crippen molar-refractivity contribution in [3.63, 3.8) is 0 Å². The van der Waals surface area contributed by atoms with Crippen molar-refractivity contribution in [2.45, 2.75) is 4.90 Å². The van der Waals surface area contributed by atoms with Gasteiger partial charge in [0, 0.05) is 11.9 Å². The Kier molecular flexibility index (Phi) is 4.94. The van der Waals surface area contributed by atoms with Crippen LogP contribution in [0.3, 0.4) is 0 Å². The Labute approximate surface area is 151 Å². The van der Waals surface area contributed by atoms with Crippen LogP contribution in [0.2, 0.25) is 0 Å². The molecule has 3 aromatic rings. The molecule has 0 unspecified atom stereocenters. The molecule has 0 amide bonds. The van der Waals surface area contributed by atoms with Crippen molar-refractivity contribution in [1.29, 1.82) is 0 Å².